The lowest BCUT2D eigenvalue weighted by Gasteiger charge is -2.41. The number of rotatable bonds is 6. The van der Waals surface area contributed by atoms with E-state index in [2.05, 4.69) is 18.7 Å². The molecule has 1 atom stereocenters. The molecular formula is C18H28FNO. The summed E-state index contributed by atoms with van der Waals surface area (Å²) in [5.41, 5.74) is 1.22. The van der Waals surface area contributed by atoms with Crippen molar-refractivity contribution in [2.75, 3.05) is 19.6 Å². The molecule has 1 N–H and O–H groups in total. The molecule has 1 aromatic rings. The second kappa shape index (κ2) is 7.37. The summed E-state index contributed by atoms with van der Waals surface area (Å²) >= 11 is 0. The third kappa shape index (κ3) is 4.27. The van der Waals surface area contributed by atoms with Crippen molar-refractivity contribution >= 4 is 0 Å². The lowest BCUT2D eigenvalue weighted by atomic mass is 9.74. The van der Waals surface area contributed by atoms with E-state index in [1.54, 1.807) is 12.1 Å². The first-order chi connectivity index (χ1) is 10.1. The summed E-state index contributed by atoms with van der Waals surface area (Å²) in [5.74, 6) is -0.278. The summed E-state index contributed by atoms with van der Waals surface area (Å²) in [7, 11) is 0. The number of halogens is 1. The predicted molar refractivity (Wildman–Crippen MR) is 84.7 cm³/mol. The fourth-order valence-electron chi connectivity index (χ4n) is 3.39. The monoisotopic (exact) mass is 293 g/mol. The van der Waals surface area contributed by atoms with Crippen molar-refractivity contribution in [1.82, 2.24) is 4.90 Å². The highest BCUT2D eigenvalue weighted by molar-refractivity contribution is 5.18. The molecule has 21 heavy (non-hydrogen) atoms. The van der Waals surface area contributed by atoms with E-state index in [0.29, 0.717) is 17.4 Å². The highest BCUT2D eigenvalue weighted by Crippen LogP contribution is 2.38. The Balaban J connectivity index is 1.79. The molecule has 1 aliphatic rings. The highest BCUT2D eigenvalue weighted by Gasteiger charge is 2.31. The molecule has 1 aliphatic heterocycles. The highest BCUT2D eigenvalue weighted by atomic mass is 19.1. The molecule has 1 heterocycles. The maximum atomic E-state index is 13.2. The van der Waals surface area contributed by atoms with E-state index in [1.165, 1.54) is 37.8 Å². The second-order valence-electron chi connectivity index (χ2n) is 6.41. The van der Waals surface area contributed by atoms with Gasteiger partial charge in [-0.2, -0.15) is 0 Å². The molecule has 3 heteroatoms. The van der Waals surface area contributed by atoms with E-state index >= 15 is 0 Å². The normalized spacial score (nSPS) is 20.4. The Hall–Kier alpha value is -0.930. The van der Waals surface area contributed by atoms with Crippen molar-refractivity contribution in [3.63, 3.8) is 0 Å². The number of piperidine rings is 1. The van der Waals surface area contributed by atoms with Crippen LogP contribution in [0.2, 0.25) is 0 Å². The Bertz CT molecular complexity index is 435. The summed E-state index contributed by atoms with van der Waals surface area (Å²) in [6, 6.07) is 6.30. The number of hydrogen-bond donors (Lipinski definition) is 1. The largest absolute Gasteiger partial charge is 0.388 e. The maximum absolute atomic E-state index is 13.2. The van der Waals surface area contributed by atoms with Crippen molar-refractivity contribution in [3.8, 4) is 0 Å². The number of hydrogen-bond acceptors (Lipinski definition) is 2. The molecule has 2 nitrogen and oxygen atoms in total. The summed E-state index contributed by atoms with van der Waals surface area (Å²) in [6.45, 7) is 7.73. The number of aliphatic hydroxyl groups excluding tert-OH is 1. The summed E-state index contributed by atoms with van der Waals surface area (Å²) < 4.78 is 13.2. The average Bonchev–Trinajstić information content (AvgIpc) is 2.53. The van der Waals surface area contributed by atoms with Crippen molar-refractivity contribution in [3.05, 3.63) is 35.6 Å². The van der Waals surface area contributed by atoms with E-state index in [4.69, 9.17) is 0 Å². The first-order valence-corrected chi connectivity index (χ1v) is 8.24. The summed E-state index contributed by atoms with van der Waals surface area (Å²) in [5, 5.41) is 10.2. The zero-order valence-electron chi connectivity index (χ0n) is 13.3. The fraction of sp³-hybridized carbons (Fsp3) is 0.667. The van der Waals surface area contributed by atoms with Crippen LogP contribution < -0.4 is 0 Å². The molecule has 0 amide bonds. The van der Waals surface area contributed by atoms with E-state index in [-0.39, 0.29) is 5.82 Å². The molecule has 1 aromatic carbocycles. The molecule has 1 saturated heterocycles. The van der Waals surface area contributed by atoms with Crippen molar-refractivity contribution in [2.24, 2.45) is 5.41 Å². The van der Waals surface area contributed by atoms with Gasteiger partial charge in [0, 0.05) is 6.54 Å². The number of likely N-dealkylation sites (tertiary alicyclic amines) is 1. The van der Waals surface area contributed by atoms with Crippen LogP contribution in [0.25, 0.3) is 0 Å². The lowest BCUT2D eigenvalue weighted by molar-refractivity contribution is 0.0781. The predicted octanol–water partition coefficient (Wildman–Crippen LogP) is 4.15. The van der Waals surface area contributed by atoms with Crippen LogP contribution in [-0.4, -0.2) is 29.6 Å². The van der Waals surface area contributed by atoms with Gasteiger partial charge in [-0.25, -0.2) is 4.39 Å². The number of nitrogens with zero attached hydrogens (tertiary/aromatic N) is 1. The summed E-state index contributed by atoms with van der Waals surface area (Å²) in [4.78, 5) is 2.44. The Kier molecular flexibility index (Phi) is 5.77. The SMILES string of the molecule is CCC1(CC)CCN(CCC(O)c2cccc(F)c2)CC1. The van der Waals surface area contributed by atoms with Crippen molar-refractivity contribution < 1.29 is 9.50 Å². The fourth-order valence-corrected chi connectivity index (χ4v) is 3.39. The van der Waals surface area contributed by atoms with Gasteiger partial charge in [-0.3, -0.25) is 0 Å². The molecule has 0 radical (unpaired) electrons. The van der Waals surface area contributed by atoms with Gasteiger partial charge in [0.05, 0.1) is 6.10 Å². The zero-order valence-corrected chi connectivity index (χ0v) is 13.3. The van der Waals surface area contributed by atoms with E-state index < -0.39 is 6.10 Å². The van der Waals surface area contributed by atoms with Crippen LogP contribution in [0.1, 0.15) is 57.6 Å². The summed E-state index contributed by atoms with van der Waals surface area (Å²) in [6.07, 6.45) is 5.16. The van der Waals surface area contributed by atoms with Gasteiger partial charge in [-0.1, -0.05) is 38.8 Å². The van der Waals surface area contributed by atoms with Gasteiger partial charge in [0.25, 0.3) is 0 Å². The van der Waals surface area contributed by atoms with Crippen molar-refractivity contribution in [2.45, 2.75) is 52.1 Å². The Morgan fingerprint density at radius 2 is 1.90 bits per heavy atom. The topological polar surface area (TPSA) is 23.5 Å². The third-order valence-electron chi connectivity index (χ3n) is 5.37. The molecule has 0 saturated carbocycles. The quantitative estimate of drug-likeness (QED) is 0.851. The van der Waals surface area contributed by atoms with Gasteiger partial charge < -0.3 is 10.0 Å². The van der Waals surface area contributed by atoms with Gasteiger partial charge in [0.2, 0.25) is 0 Å². The molecule has 1 unspecified atom stereocenters. The van der Waals surface area contributed by atoms with Crippen LogP contribution in [0.4, 0.5) is 4.39 Å². The standard InChI is InChI=1S/C18H28FNO/c1-3-18(4-2)9-12-20(13-10-18)11-8-17(21)15-6-5-7-16(19)14-15/h5-7,14,17,21H,3-4,8-13H2,1-2H3. The minimum Gasteiger partial charge on any atom is -0.388 e. The number of aliphatic hydroxyl groups is 1. The van der Waals surface area contributed by atoms with Crippen LogP contribution in [0, 0.1) is 11.2 Å². The molecule has 0 aliphatic carbocycles. The van der Waals surface area contributed by atoms with Crippen LogP contribution in [0.3, 0.4) is 0 Å². The van der Waals surface area contributed by atoms with Gasteiger partial charge in [0.1, 0.15) is 5.82 Å². The van der Waals surface area contributed by atoms with Gasteiger partial charge in [-0.15, -0.1) is 0 Å². The lowest BCUT2D eigenvalue weighted by Crippen LogP contribution is -2.40. The third-order valence-corrected chi connectivity index (χ3v) is 5.37. The molecule has 2 rings (SSSR count). The van der Waals surface area contributed by atoms with Crippen LogP contribution in [0.5, 0.6) is 0 Å². The first-order valence-electron chi connectivity index (χ1n) is 8.24. The molecule has 118 valence electrons. The molecule has 0 spiro atoms. The average molecular weight is 293 g/mol. The zero-order chi connectivity index (χ0) is 15.3. The molecular weight excluding hydrogens is 265 g/mol. The maximum Gasteiger partial charge on any atom is 0.123 e. The van der Waals surface area contributed by atoms with Crippen LogP contribution in [-0.2, 0) is 0 Å². The first kappa shape index (κ1) is 16.4. The van der Waals surface area contributed by atoms with Crippen LogP contribution >= 0.6 is 0 Å². The Morgan fingerprint density at radius 1 is 1.24 bits per heavy atom. The van der Waals surface area contributed by atoms with Gasteiger partial charge >= 0.3 is 0 Å². The van der Waals surface area contributed by atoms with Gasteiger partial charge in [-0.05, 0) is 55.5 Å². The molecule has 0 aromatic heterocycles. The smallest absolute Gasteiger partial charge is 0.123 e. The molecule has 1 fully saturated rings. The van der Waals surface area contributed by atoms with Crippen molar-refractivity contribution in [1.29, 1.82) is 0 Å². The van der Waals surface area contributed by atoms with E-state index in [1.807, 2.05) is 0 Å². The van der Waals surface area contributed by atoms with Crippen LogP contribution in [0.15, 0.2) is 24.3 Å². The number of benzene rings is 1. The van der Waals surface area contributed by atoms with Gasteiger partial charge in [0.15, 0.2) is 0 Å². The van der Waals surface area contributed by atoms with E-state index in [0.717, 1.165) is 19.6 Å². The Morgan fingerprint density at radius 3 is 2.48 bits per heavy atom. The second-order valence-corrected chi connectivity index (χ2v) is 6.41. The van der Waals surface area contributed by atoms with E-state index in [9.17, 15) is 9.50 Å². The minimum absolute atomic E-state index is 0.278. The Labute approximate surface area is 128 Å². The molecule has 0 bridgehead atoms. The minimum atomic E-state index is -0.565.